The van der Waals surface area contributed by atoms with Crippen molar-refractivity contribution in [2.24, 2.45) is 7.05 Å². The zero-order valence-electron chi connectivity index (χ0n) is 22.3. The number of carbonyl (C=O) groups excluding carboxylic acids is 3. The molecule has 4 heterocycles. The Morgan fingerprint density at radius 1 is 0.897 bits per heavy atom. The molecule has 204 valence electrons. The molecule has 4 amide bonds. The number of nitrogens with zero attached hydrogens (tertiary/aromatic N) is 5. The number of pyridine rings is 1. The lowest BCUT2D eigenvalue weighted by atomic mass is 10.0. The highest BCUT2D eigenvalue weighted by atomic mass is 16.2. The quantitative estimate of drug-likeness (QED) is 0.511. The maximum Gasteiger partial charge on any atom is 0.317 e. The van der Waals surface area contributed by atoms with Crippen molar-refractivity contribution in [3.8, 4) is 0 Å². The van der Waals surface area contributed by atoms with Gasteiger partial charge in [-0.15, -0.1) is 0 Å². The molecular weight excluding hydrogens is 494 g/mol. The third kappa shape index (κ3) is 6.39. The van der Waals surface area contributed by atoms with Crippen LogP contribution in [-0.4, -0.2) is 82.5 Å². The summed E-state index contributed by atoms with van der Waals surface area (Å²) in [6.45, 7) is 4.23. The minimum absolute atomic E-state index is 0.00771. The Hall–Kier alpha value is -4.34. The molecule has 2 aliphatic rings. The van der Waals surface area contributed by atoms with Gasteiger partial charge in [0.2, 0.25) is 0 Å². The van der Waals surface area contributed by atoms with Crippen molar-refractivity contribution in [2.75, 3.05) is 44.2 Å². The minimum atomic E-state index is -0.114. The maximum atomic E-state index is 12.9. The normalized spacial score (nSPS) is 16.2. The van der Waals surface area contributed by atoms with Crippen molar-refractivity contribution in [2.45, 2.75) is 25.4 Å². The van der Waals surface area contributed by atoms with E-state index in [1.165, 1.54) is 0 Å². The van der Waals surface area contributed by atoms with Crippen LogP contribution >= 0.6 is 0 Å². The van der Waals surface area contributed by atoms with Crippen LogP contribution in [0.2, 0.25) is 0 Å². The van der Waals surface area contributed by atoms with Gasteiger partial charge in [-0.05, 0) is 60.9 Å². The van der Waals surface area contributed by atoms with Crippen LogP contribution in [0.25, 0.3) is 0 Å². The van der Waals surface area contributed by atoms with E-state index in [1.807, 2.05) is 71.2 Å². The highest BCUT2D eigenvalue weighted by Crippen LogP contribution is 2.21. The molecule has 0 unspecified atom stereocenters. The molecule has 1 aromatic carbocycles. The average Bonchev–Trinajstić information content (AvgIpc) is 3.42. The van der Waals surface area contributed by atoms with Gasteiger partial charge in [-0.25, -0.2) is 4.79 Å². The lowest BCUT2D eigenvalue weighted by Gasteiger charge is -2.37. The van der Waals surface area contributed by atoms with Crippen molar-refractivity contribution in [3.63, 3.8) is 0 Å². The number of piperidine rings is 1. The minimum Gasteiger partial charge on any atom is -0.371 e. The molecule has 2 aliphatic heterocycles. The molecular formula is C29H35N7O3. The highest BCUT2D eigenvalue weighted by Gasteiger charge is 2.28. The Balaban J connectivity index is 1.04. The molecule has 2 aromatic heterocycles. The summed E-state index contributed by atoms with van der Waals surface area (Å²) < 4.78 is 1.82. The van der Waals surface area contributed by atoms with Gasteiger partial charge in [0.05, 0.1) is 0 Å². The first kappa shape index (κ1) is 26.3. The molecule has 0 spiro atoms. The van der Waals surface area contributed by atoms with Crippen molar-refractivity contribution in [1.29, 1.82) is 0 Å². The molecule has 0 radical (unpaired) electrons. The van der Waals surface area contributed by atoms with Crippen LogP contribution in [0, 0.1) is 0 Å². The van der Waals surface area contributed by atoms with Gasteiger partial charge < -0.3 is 29.9 Å². The molecule has 39 heavy (non-hydrogen) atoms. The van der Waals surface area contributed by atoms with Gasteiger partial charge in [-0.3, -0.25) is 14.6 Å². The predicted octanol–water partition coefficient (Wildman–Crippen LogP) is 2.49. The van der Waals surface area contributed by atoms with Gasteiger partial charge in [0.1, 0.15) is 5.69 Å². The van der Waals surface area contributed by atoms with Crippen LogP contribution in [0.15, 0.2) is 67.1 Å². The van der Waals surface area contributed by atoms with Gasteiger partial charge in [-0.1, -0.05) is 6.07 Å². The van der Waals surface area contributed by atoms with Gasteiger partial charge in [0, 0.05) is 88.7 Å². The second-order valence-electron chi connectivity index (χ2n) is 10.1. The molecule has 0 bridgehead atoms. The van der Waals surface area contributed by atoms with E-state index in [0.717, 1.165) is 37.2 Å². The number of benzene rings is 1. The van der Waals surface area contributed by atoms with E-state index in [0.29, 0.717) is 44.0 Å². The number of rotatable bonds is 6. The number of aromatic nitrogens is 2. The number of aryl methyl sites for hydroxylation is 1. The fourth-order valence-corrected chi connectivity index (χ4v) is 5.12. The summed E-state index contributed by atoms with van der Waals surface area (Å²) in [5.74, 6) is -0.106. The van der Waals surface area contributed by atoms with Gasteiger partial charge in [-0.2, -0.15) is 0 Å². The Labute approximate surface area is 228 Å². The Morgan fingerprint density at radius 2 is 1.62 bits per heavy atom. The summed E-state index contributed by atoms with van der Waals surface area (Å²) in [6, 6.07) is 15.2. The standard InChI is InChI=1S/C29H35N7O3/c1-33-13-3-5-26(33)28(38)35-16-18-36(19-17-35)29(39)32-24-10-14-34(15-11-24)25-8-6-23(7-9-25)27(37)31-21-22-4-2-12-30-20-22/h2-9,12-13,20,24H,10-11,14-19,21H2,1H3,(H,31,37)(H,32,39). The molecule has 5 rings (SSSR count). The smallest absolute Gasteiger partial charge is 0.317 e. The SMILES string of the molecule is Cn1cccc1C(=O)N1CCN(C(=O)NC2CCN(c3ccc(C(=O)NCc4cccnc4)cc3)CC2)CC1. The summed E-state index contributed by atoms with van der Waals surface area (Å²) in [5.41, 5.74) is 3.31. The number of nitrogens with one attached hydrogen (secondary N) is 2. The summed E-state index contributed by atoms with van der Waals surface area (Å²) in [6.07, 6.45) is 7.02. The first-order valence-electron chi connectivity index (χ1n) is 13.5. The number of piperazine rings is 1. The third-order valence-electron chi connectivity index (χ3n) is 7.51. The fraction of sp³-hybridized carbons (Fsp3) is 0.379. The molecule has 0 atom stereocenters. The fourth-order valence-electron chi connectivity index (χ4n) is 5.12. The van der Waals surface area contributed by atoms with Crippen LogP contribution in [0.1, 0.15) is 39.3 Å². The van der Waals surface area contributed by atoms with Gasteiger partial charge >= 0.3 is 6.03 Å². The molecule has 2 N–H and O–H groups in total. The largest absolute Gasteiger partial charge is 0.371 e. The predicted molar refractivity (Wildman–Crippen MR) is 149 cm³/mol. The first-order valence-corrected chi connectivity index (χ1v) is 13.5. The molecule has 2 saturated heterocycles. The number of carbonyl (C=O) groups is 3. The van der Waals surface area contributed by atoms with Crippen molar-refractivity contribution in [3.05, 3.63) is 83.9 Å². The zero-order valence-corrected chi connectivity index (χ0v) is 22.3. The molecule has 2 fully saturated rings. The molecule has 0 aliphatic carbocycles. The van der Waals surface area contributed by atoms with Crippen molar-refractivity contribution in [1.82, 2.24) is 30.0 Å². The van der Waals surface area contributed by atoms with E-state index >= 15 is 0 Å². The summed E-state index contributed by atoms with van der Waals surface area (Å²) >= 11 is 0. The topological polar surface area (TPSA) is 103 Å². The second kappa shape index (κ2) is 12.0. The van der Waals surface area contributed by atoms with E-state index in [4.69, 9.17) is 0 Å². The van der Waals surface area contributed by atoms with Crippen LogP contribution in [-0.2, 0) is 13.6 Å². The molecule has 0 saturated carbocycles. The van der Waals surface area contributed by atoms with E-state index in [1.54, 1.807) is 17.3 Å². The van der Waals surface area contributed by atoms with E-state index in [2.05, 4.69) is 20.5 Å². The Bertz CT molecular complexity index is 1280. The Morgan fingerprint density at radius 3 is 2.26 bits per heavy atom. The lowest BCUT2D eigenvalue weighted by molar-refractivity contribution is 0.0653. The van der Waals surface area contributed by atoms with Crippen LogP contribution in [0.5, 0.6) is 0 Å². The highest BCUT2D eigenvalue weighted by molar-refractivity contribution is 5.94. The zero-order chi connectivity index (χ0) is 27.2. The molecule has 10 nitrogen and oxygen atoms in total. The number of hydrogen-bond acceptors (Lipinski definition) is 5. The van der Waals surface area contributed by atoms with Gasteiger partial charge in [0.15, 0.2) is 0 Å². The van der Waals surface area contributed by atoms with Crippen LogP contribution in [0.4, 0.5) is 10.5 Å². The number of urea groups is 1. The number of amides is 4. The van der Waals surface area contributed by atoms with Gasteiger partial charge in [0.25, 0.3) is 11.8 Å². The summed E-state index contributed by atoms with van der Waals surface area (Å²) in [7, 11) is 1.86. The summed E-state index contributed by atoms with van der Waals surface area (Å²) in [4.78, 5) is 48.1. The van der Waals surface area contributed by atoms with E-state index < -0.39 is 0 Å². The van der Waals surface area contributed by atoms with Crippen LogP contribution < -0.4 is 15.5 Å². The summed E-state index contributed by atoms with van der Waals surface area (Å²) in [5, 5.41) is 6.11. The first-order chi connectivity index (χ1) is 19.0. The third-order valence-corrected chi connectivity index (χ3v) is 7.51. The van der Waals surface area contributed by atoms with Crippen molar-refractivity contribution >= 4 is 23.5 Å². The second-order valence-corrected chi connectivity index (χ2v) is 10.1. The monoisotopic (exact) mass is 529 g/mol. The number of hydrogen-bond donors (Lipinski definition) is 2. The molecule has 3 aromatic rings. The average molecular weight is 530 g/mol. The lowest BCUT2D eigenvalue weighted by Crippen LogP contribution is -2.55. The van der Waals surface area contributed by atoms with Crippen molar-refractivity contribution < 1.29 is 14.4 Å². The number of anilines is 1. The van der Waals surface area contributed by atoms with E-state index in [9.17, 15) is 14.4 Å². The molecule has 10 heteroatoms. The Kier molecular flexibility index (Phi) is 8.10. The van der Waals surface area contributed by atoms with E-state index in [-0.39, 0.29) is 23.9 Å². The maximum absolute atomic E-state index is 12.9. The van der Waals surface area contributed by atoms with Crippen LogP contribution in [0.3, 0.4) is 0 Å².